The largest absolute Gasteiger partial charge is 0.393 e. The van der Waals surface area contributed by atoms with Crippen LogP contribution in [0, 0.1) is 17.8 Å². The molecule has 0 saturated heterocycles. The van der Waals surface area contributed by atoms with E-state index in [1.54, 1.807) is 6.92 Å². The van der Waals surface area contributed by atoms with Crippen molar-refractivity contribution in [2.24, 2.45) is 17.8 Å². The maximum absolute atomic E-state index is 11.1. The molecule has 4 unspecified atom stereocenters. The summed E-state index contributed by atoms with van der Waals surface area (Å²) < 4.78 is 0. The number of aliphatic hydroxyl groups excluding tert-OH is 1. The van der Waals surface area contributed by atoms with Gasteiger partial charge in [-0.1, -0.05) is 27.7 Å². The molecule has 0 rings (SSSR count). The molecule has 0 fully saturated rings. The Morgan fingerprint density at radius 2 is 1.69 bits per heavy atom. The van der Waals surface area contributed by atoms with Crippen molar-refractivity contribution in [2.45, 2.75) is 47.1 Å². The van der Waals surface area contributed by atoms with E-state index in [0.717, 1.165) is 6.42 Å². The molecule has 0 aromatic carbocycles. The van der Waals surface area contributed by atoms with Crippen LogP contribution in [0.4, 0.5) is 0 Å². The van der Waals surface area contributed by atoms with Crippen molar-refractivity contribution in [2.75, 3.05) is 0 Å². The third-order valence-electron chi connectivity index (χ3n) is 3.28. The second-order valence-electron chi connectivity index (χ2n) is 4.09. The highest BCUT2D eigenvalue weighted by Gasteiger charge is 2.26. The third-order valence-corrected chi connectivity index (χ3v) is 3.28. The predicted octanol–water partition coefficient (Wildman–Crippen LogP) is 2.25. The number of aliphatic hydroxyl groups is 1. The number of hydrogen-bond donors (Lipinski definition) is 1. The van der Waals surface area contributed by atoms with Crippen LogP contribution < -0.4 is 0 Å². The Hall–Kier alpha value is -0.370. The third kappa shape index (κ3) is 3.47. The number of rotatable bonds is 5. The van der Waals surface area contributed by atoms with E-state index in [2.05, 4.69) is 0 Å². The van der Waals surface area contributed by atoms with Gasteiger partial charge >= 0.3 is 0 Å². The Balaban J connectivity index is 4.24. The Bertz CT molecular complexity index is 165. The maximum Gasteiger partial charge on any atom is 0.132 e. The lowest BCUT2D eigenvalue weighted by Gasteiger charge is -2.27. The lowest BCUT2D eigenvalue weighted by molar-refractivity contribution is -0.122. The first kappa shape index (κ1) is 12.6. The first-order valence-corrected chi connectivity index (χ1v) is 5.10. The second-order valence-corrected chi connectivity index (χ2v) is 4.09. The summed E-state index contributed by atoms with van der Waals surface area (Å²) in [6, 6.07) is 0. The van der Waals surface area contributed by atoms with Gasteiger partial charge in [0.25, 0.3) is 0 Å². The molecule has 78 valence electrons. The SMILES string of the molecule is CCC(O)C(C)C(C)C(C)C(C)=O. The number of ketones is 1. The van der Waals surface area contributed by atoms with E-state index in [-0.39, 0.29) is 29.6 Å². The van der Waals surface area contributed by atoms with Crippen LogP contribution in [0.25, 0.3) is 0 Å². The molecule has 0 saturated carbocycles. The summed E-state index contributed by atoms with van der Waals surface area (Å²) in [6.07, 6.45) is 0.479. The Kier molecular flexibility index (Phi) is 5.23. The predicted molar refractivity (Wildman–Crippen MR) is 54.5 cm³/mol. The molecule has 1 N–H and O–H groups in total. The second kappa shape index (κ2) is 5.38. The standard InChI is InChI=1S/C11H22O2/c1-6-11(13)9(4)7(2)8(3)10(5)12/h7-9,11,13H,6H2,1-5H3. The highest BCUT2D eigenvalue weighted by atomic mass is 16.3. The Morgan fingerprint density at radius 1 is 1.23 bits per heavy atom. The van der Waals surface area contributed by atoms with Crippen LogP contribution in [-0.4, -0.2) is 17.0 Å². The summed E-state index contributed by atoms with van der Waals surface area (Å²) in [7, 11) is 0. The summed E-state index contributed by atoms with van der Waals surface area (Å²) >= 11 is 0. The molecule has 0 radical (unpaired) electrons. The van der Waals surface area contributed by atoms with Crippen LogP contribution in [0.5, 0.6) is 0 Å². The minimum Gasteiger partial charge on any atom is -0.393 e. The van der Waals surface area contributed by atoms with Crippen molar-refractivity contribution in [1.82, 2.24) is 0 Å². The Morgan fingerprint density at radius 3 is 2.00 bits per heavy atom. The van der Waals surface area contributed by atoms with Gasteiger partial charge in [-0.2, -0.15) is 0 Å². The van der Waals surface area contributed by atoms with Crippen LogP contribution in [0.1, 0.15) is 41.0 Å². The van der Waals surface area contributed by atoms with Crippen molar-refractivity contribution < 1.29 is 9.90 Å². The molecule has 2 nitrogen and oxygen atoms in total. The fourth-order valence-corrected chi connectivity index (χ4v) is 1.55. The van der Waals surface area contributed by atoms with Gasteiger partial charge in [-0.15, -0.1) is 0 Å². The number of carbonyl (C=O) groups excluding carboxylic acids is 1. The van der Waals surface area contributed by atoms with Crippen molar-refractivity contribution in [3.8, 4) is 0 Å². The fraction of sp³-hybridized carbons (Fsp3) is 0.909. The van der Waals surface area contributed by atoms with E-state index in [4.69, 9.17) is 0 Å². The average Bonchev–Trinajstić information content (AvgIpc) is 2.12. The van der Waals surface area contributed by atoms with E-state index in [0.29, 0.717) is 0 Å². The molecule has 0 heterocycles. The molecule has 0 amide bonds. The zero-order valence-corrected chi connectivity index (χ0v) is 9.37. The van der Waals surface area contributed by atoms with Gasteiger partial charge in [-0.3, -0.25) is 4.79 Å². The van der Waals surface area contributed by atoms with Crippen LogP contribution in [0.3, 0.4) is 0 Å². The normalized spacial score (nSPS) is 20.5. The van der Waals surface area contributed by atoms with Crippen molar-refractivity contribution >= 4 is 5.78 Å². The van der Waals surface area contributed by atoms with Crippen molar-refractivity contribution in [3.63, 3.8) is 0 Å². The van der Waals surface area contributed by atoms with Gasteiger partial charge in [0.05, 0.1) is 6.10 Å². The van der Waals surface area contributed by atoms with E-state index in [1.165, 1.54) is 0 Å². The van der Waals surface area contributed by atoms with Crippen LogP contribution in [0.2, 0.25) is 0 Å². The summed E-state index contributed by atoms with van der Waals surface area (Å²) in [6.45, 7) is 9.57. The van der Waals surface area contributed by atoms with Gasteiger partial charge in [0.1, 0.15) is 5.78 Å². The zero-order valence-electron chi connectivity index (χ0n) is 9.37. The molecule has 0 aliphatic rings. The lowest BCUT2D eigenvalue weighted by atomic mass is 9.80. The lowest BCUT2D eigenvalue weighted by Crippen LogP contribution is -2.29. The van der Waals surface area contributed by atoms with Crippen molar-refractivity contribution in [3.05, 3.63) is 0 Å². The molecule has 0 aliphatic heterocycles. The zero-order chi connectivity index (χ0) is 10.6. The molecule has 0 spiro atoms. The van der Waals surface area contributed by atoms with Crippen molar-refractivity contribution in [1.29, 1.82) is 0 Å². The summed E-state index contributed by atoms with van der Waals surface area (Å²) in [5.41, 5.74) is 0. The topological polar surface area (TPSA) is 37.3 Å². The minimum absolute atomic E-state index is 0.0520. The van der Waals surface area contributed by atoms with Crippen LogP contribution in [-0.2, 0) is 4.79 Å². The molecule has 0 aliphatic carbocycles. The molecule has 0 aromatic heterocycles. The van der Waals surface area contributed by atoms with Gasteiger partial charge in [0.2, 0.25) is 0 Å². The highest BCUT2D eigenvalue weighted by molar-refractivity contribution is 5.78. The summed E-state index contributed by atoms with van der Waals surface area (Å²) in [5.74, 6) is 0.718. The summed E-state index contributed by atoms with van der Waals surface area (Å²) in [4.78, 5) is 11.1. The van der Waals surface area contributed by atoms with Gasteiger partial charge < -0.3 is 5.11 Å². The molecule has 0 bridgehead atoms. The van der Waals surface area contributed by atoms with Crippen LogP contribution >= 0.6 is 0 Å². The smallest absolute Gasteiger partial charge is 0.132 e. The quantitative estimate of drug-likeness (QED) is 0.715. The highest BCUT2D eigenvalue weighted by Crippen LogP contribution is 2.25. The molecule has 4 atom stereocenters. The maximum atomic E-state index is 11.1. The molecular weight excluding hydrogens is 164 g/mol. The number of hydrogen-bond acceptors (Lipinski definition) is 2. The van der Waals surface area contributed by atoms with Gasteiger partial charge in [-0.05, 0) is 25.2 Å². The van der Waals surface area contributed by atoms with E-state index < -0.39 is 0 Å². The van der Waals surface area contributed by atoms with E-state index in [1.807, 2.05) is 27.7 Å². The van der Waals surface area contributed by atoms with Gasteiger partial charge in [-0.25, -0.2) is 0 Å². The fourth-order valence-electron chi connectivity index (χ4n) is 1.55. The van der Waals surface area contributed by atoms with Gasteiger partial charge in [0.15, 0.2) is 0 Å². The summed E-state index contributed by atoms with van der Waals surface area (Å²) in [5, 5.41) is 9.62. The molecule has 2 heteroatoms. The Labute approximate surface area is 81.3 Å². The minimum atomic E-state index is -0.281. The molecule has 13 heavy (non-hydrogen) atoms. The van der Waals surface area contributed by atoms with E-state index in [9.17, 15) is 9.90 Å². The first-order chi connectivity index (χ1) is 5.91. The first-order valence-electron chi connectivity index (χ1n) is 5.10. The molecule has 0 aromatic rings. The van der Waals surface area contributed by atoms with Gasteiger partial charge in [0, 0.05) is 5.92 Å². The van der Waals surface area contributed by atoms with E-state index >= 15 is 0 Å². The number of Topliss-reactive ketones (excluding diaryl/α,β-unsaturated/α-hetero) is 1. The number of carbonyl (C=O) groups is 1. The average molecular weight is 186 g/mol. The monoisotopic (exact) mass is 186 g/mol. The van der Waals surface area contributed by atoms with Crippen LogP contribution in [0.15, 0.2) is 0 Å². The molecular formula is C11H22O2.